The number of nitrogens with one attached hydrogen (secondary N) is 4. The fourth-order valence-corrected chi connectivity index (χ4v) is 17.7. The number of fused-ring (bicyclic) bond motifs is 14. The van der Waals surface area contributed by atoms with Crippen molar-refractivity contribution < 1.29 is 90.5 Å². The molecule has 640 valence electrons. The number of hydrogen-bond acceptors (Lipinski definition) is 22. The van der Waals surface area contributed by atoms with Crippen LogP contribution < -0.4 is 54.7 Å². The number of rotatable bonds is 11. The van der Waals surface area contributed by atoms with Gasteiger partial charge in [-0.3, -0.25) is 38.9 Å². The molecule has 0 radical (unpaired) electrons. The molecule has 11 aromatic rings. The minimum Gasteiger partial charge on any atom is -0.468 e. The van der Waals surface area contributed by atoms with Crippen molar-refractivity contribution in [3.8, 4) is 46.0 Å². The molecule has 9 aliphatic rings. The number of aromatic amines is 3. The average Bonchev–Trinajstić information content (AvgIpc) is 1.59. The first kappa shape index (κ1) is 86.8. The molecule has 1 unspecified atom stereocenters. The zero-order valence-corrected chi connectivity index (χ0v) is 71.2. The highest BCUT2D eigenvalue weighted by molar-refractivity contribution is 6.67. The van der Waals surface area contributed by atoms with E-state index in [4.69, 9.17) is 87.9 Å². The van der Waals surface area contributed by atoms with Crippen LogP contribution in [0.25, 0.3) is 38.3 Å². The molecule has 20 rings (SSSR count). The van der Waals surface area contributed by atoms with Crippen molar-refractivity contribution in [2.24, 2.45) is 11.5 Å². The number of para-hydroxylation sites is 3. The number of aromatic nitrogens is 3. The number of benzene rings is 8. The van der Waals surface area contributed by atoms with Gasteiger partial charge in [0.1, 0.15) is 35.6 Å². The van der Waals surface area contributed by atoms with E-state index < -0.39 is 52.0 Å². The van der Waals surface area contributed by atoms with Gasteiger partial charge in [0.25, 0.3) is 0 Å². The first-order valence-corrected chi connectivity index (χ1v) is 41.0. The van der Waals surface area contributed by atoms with Gasteiger partial charge >= 0.3 is 17.9 Å². The van der Waals surface area contributed by atoms with Gasteiger partial charge in [0.15, 0.2) is 51.8 Å². The van der Waals surface area contributed by atoms with Crippen LogP contribution >= 0.6 is 34.8 Å². The molecule has 8 N–H and O–H groups in total. The second-order valence-corrected chi connectivity index (χ2v) is 31.3. The third kappa shape index (κ3) is 16.6. The van der Waals surface area contributed by atoms with Gasteiger partial charge in [0.2, 0.25) is 50.1 Å². The third-order valence-electron chi connectivity index (χ3n) is 23.5. The maximum atomic E-state index is 13.3. The molecule has 123 heavy (non-hydrogen) atoms. The van der Waals surface area contributed by atoms with Gasteiger partial charge in [-0.15, -0.1) is 23.2 Å². The number of nitrogens with zero attached hydrogens (tertiary/aromatic N) is 3. The van der Waals surface area contributed by atoms with E-state index in [0.717, 1.165) is 89.6 Å². The molecule has 1 fully saturated rings. The summed E-state index contributed by atoms with van der Waals surface area (Å²) in [7, 11) is 7.31. The molecule has 1 saturated heterocycles. The Morgan fingerprint density at radius 3 is 1.60 bits per heavy atom. The van der Waals surface area contributed by atoms with Crippen LogP contribution in [-0.4, -0.2) is 181 Å². The highest BCUT2D eigenvalue weighted by Gasteiger charge is 2.56. The Balaban J connectivity index is 0.000000127. The zero-order chi connectivity index (χ0) is 87.3. The van der Waals surface area contributed by atoms with E-state index in [1.165, 1.54) is 57.6 Å². The van der Waals surface area contributed by atoms with Crippen molar-refractivity contribution in [2.45, 2.75) is 101 Å². The highest BCUT2D eigenvalue weighted by Crippen LogP contribution is 2.55. The number of halogens is 3. The number of Topliss-reactive ketones (excluding diaryl/α,β-unsaturated/α-hetero) is 1. The van der Waals surface area contributed by atoms with E-state index in [9.17, 15) is 38.4 Å². The second kappa shape index (κ2) is 36.6. The molecular formula is C92H92Cl3N9O19. The number of likely N-dealkylation sites (N-methyl/N-ethyl adjacent to an activating group) is 1. The normalized spacial score (nSPS) is 20.4. The lowest BCUT2D eigenvalue weighted by Gasteiger charge is -2.53. The first-order valence-electron chi connectivity index (χ1n) is 39.5. The van der Waals surface area contributed by atoms with Crippen molar-refractivity contribution in [1.29, 1.82) is 0 Å². The van der Waals surface area contributed by atoms with Gasteiger partial charge in [-0.25, -0.2) is 4.79 Å². The number of methoxy groups -OCH3 is 3. The minimum absolute atomic E-state index is 0.00232. The van der Waals surface area contributed by atoms with E-state index in [1.54, 1.807) is 35.0 Å². The number of piperazine rings is 1. The summed E-state index contributed by atoms with van der Waals surface area (Å²) in [5.41, 5.74) is 24.2. The maximum absolute atomic E-state index is 13.3. The van der Waals surface area contributed by atoms with Crippen LogP contribution in [0.2, 0.25) is 0 Å². The summed E-state index contributed by atoms with van der Waals surface area (Å²) in [5, 5.41) is 6.24. The summed E-state index contributed by atoms with van der Waals surface area (Å²) >= 11 is 15.6. The number of ketones is 1. The quantitative estimate of drug-likeness (QED) is 0.0230. The fraction of sp³-hybridized carbons (Fsp3) is 0.304. The van der Waals surface area contributed by atoms with Crippen molar-refractivity contribution in [3.63, 3.8) is 0 Å². The van der Waals surface area contributed by atoms with Gasteiger partial charge in [0, 0.05) is 88.6 Å². The molecule has 8 aliphatic heterocycles. The standard InChI is InChI=1S/C24H22N2O4.C23H21ClN2O5.C21H20N2O4.C12H14N2O2.C9H8O3.C2H2Cl2O.CH5N/c1-24(15-7-8-20-21(10-15)30-13-29-20)18-9-14-5-3-4-6-16(14)17(18)11-19-23(28)25(2)12-22(27)26(19)24;1-23(13-7-8-18-19(9-13)31-12-30-18)21-15(14-5-3-4-6-16(14)25-21)10-17(22(28)29-2)26(23)20(27)11-24;1-21(12-7-8-17-18(9-12)27-11-26-17)19-14(10-16(23-21)20(24)25-2)13-5-3-4-6-15(13)22-19;1-16-12(15)10(13)6-8-7-14-11-5-3-2-4-9(8)11;1-6(10)7-2-3-8-9(4-7)12-5-11-8;3-1-2(4)5;1-2/h3-8,10,19H,9,11-13H2,1-2H3;3-9,17,25H,10-12H2,1-2H3;3-9,16,22-23H,10-11H2,1-2H3;2-5,7,10,14H,6,13H2,1H3;2-4H,5H2,1H3;1H2;2H2,1H3/t19-,24+;17-,23-;16-,21?;10-;;;/m1111.../s1. The fourth-order valence-electron chi connectivity index (χ4n) is 17.6. The maximum Gasteiger partial charge on any atom is 0.328 e. The number of esters is 3. The summed E-state index contributed by atoms with van der Waals surface area (Å²) in [4.78, 5) is 112. The number of ether oxygens (including phenoxy) is 11. The van der Waals surface area contributed by atoms with Crippen LogP contribution in [0.5, 0.6) is 46.0 Å². The van der Waals surface area contributed by atoms with E-state index in [-0.39, 0.29) is 80.9 Å². The van der Waals surface area contributed by atoms with Gasteiger partial charge < -0.3 is 93.2 Å². The Morgan fingerprint density at radius 2 is 1.05 bits per heavy atom. The summed E-state index contributed by atoms with van der Waals surface area (Å²) in [6, 6.07) is 52.5. The van der Waals surface area contributed by atoms with Crippen LogP contribution in [0.1, 0.15) is 100 Å². The Hall–Kier alpha value is -12.6. The molecule has 0 spiro atoms. The summed E-state index contributed by atoms with van der Waals surface area (Å²) in [5.74, 6) is 3.60. The molecule has 11 heterocycles. The first-order chi connectivity index (χ1) is 59.3. The Bertz CT molecular complexity index is 5970. The molecule has 3 aromatic heterocycles. The Morgan fingerprint density at radius 1 is 0.561 bits per heavy atom. The van der Waals surface area contributed by atoms with Crippen LogP contribution in [0.3, 0.4) is 0 Å². The van der Waals surface area contributed by atoms with E-state index in [2.05, 4.69) is 68.9 Å². The largest absolute Gasteiger partial charge is 0.468 e. The number of carbonyl (C=O) groups excluding carboxylic acids is 8. The van der Waals surface area contributed by atoms with Crippen molar-refractivity contribution in [2.75, 3.05) is 80.9 Å². The van der Waals surface area contributed by atoms with E-state index in [0.29, 0.717) is 71.5 Å². The lowest BCUT2D eigenvalue weighted by Crippen LogP contribution is -2.66. The number of carbonyl (C=O) groups is 8. The number of amides is 3. The lowest BCUT2D eigenvalue weighted by atomic mass is 9.73. The molecule has 31 heteroatoms. The number of H-pyrrole nitrogens is 3. The van der Waals surface area contributed by atoms with Gasteiger partial charge in [-0.05, 0) is 181 Å². The second-order valence-electron chi connectivity index (χ2n) is 30.4. The summed E-state index contributed by atoms with van der Waals surface area (Å²) in [6.45, 7) is 8.51. The van der Waals surface area contributed by atoms with Crippen LogP contribution in [0.15, 0.2) is 182 Å². The molecule has 1 aliphatic carbocycles. The highest BCUT2D eigenvalue weighted by atomic mass is 35.5. The minimum atomic E-state index is -1.02. The van der Waals surface area contributed by atoms with Gasteiger partial charge in [-0.2, -0.15) is 0 Å². The van der Waals surface area contributed by atoms with Crippen molar-refractivity contribution in [1.82, 2.24) is 35.0 Å². The SMILES string of the molecule is CC(=O)c1ccc2c(c1)OCO2.CN.CN1CC(=O)N2[C@H](CC3=C(Cc4ccccc43)[C@]2(C)c2ccc3c(c2)OCO3)C1=O.COC(=O)[C@H](N)Cc1c[nH]c2ccccc12.COC(=O)[C@H]1Cc2c([nH]c3ccccc23)C(C)(c2ccc3c(c2)OCO3)N1.COC(=O)[C@H]1Cc2c([nH]c3ccccc23)[C@@](C)(c2ccc3c(c2)OCO3)N1C(=O)CCl.O=C(Cl)CCl. The predicted molar refractivity (Wildman–Crippen MR) is 460 cm³/mol. The van der Waals surface area contributed by atoms with Gasteiger partial charge in [-0.1, -0.05) is 97.1 Å². The Labute approximate surface area is 723 Å². The topological polar surface area (TPSA) is 359 Å². The molecule has 28 nitrogen and oxygen atoms in total. The van der Waals surface area contributed by atoms with Crippen molar-refractivity contribution in [3.05, 3.63) is 243 Å². The lowest BCUT2D eigenvalue weighted by molar-refractivity contribution is -0.160. The third-order valence-corrected chi connectivity index (χ3v) is 24.2. The molecular weight excluding hydrogens is 1640 g/mol. The molecule has 3 amide bonds. The number of alkyl halides is 2. The molecule has 0 saturated carbocycles. The summed E-state index contributed by atoms with van der Waals surface area (Å²) in [6.07, 6.45) is 4.60. The van der Waals surface area contributed by atoms with Gasteiger partial charge in [0.05, 0.1) is 44.8 Å². The number of hydrogen-bond donors (Lipinski definition) is 6. The average molecular weight is 1730 g/mol. The van der Waals surface area contributed by atoms with E-state index >= 15 is 0 Å². The summed E-state index contributed by atoms with van der Waals surface area (Å²) < 4.78 is 58.1. The van der Waals surface area contributed by atoms with Crippen LogP contribution in [0, 0.1) is 0 Å². The molecule has 7 atom stereocenters. The van der Waals surface area contributed by atoms with Crippen LogP contribution in [0.4, 0.5) is 0 Å². The smallest absolute Gasteiger partial charge is 0.328 e. The Kier molecular flexibility index (Phi) is 25.8. The monoisotopic (exact) mass is 1730 g/mol. The molecule has 8 aromatic carbocycles. The predicted octanol–water partition coefficient (Wildman–Crippen LogP) is 12.3. The van der Waals surface area contributed by atoms with Crippen LogP contribution in [-0.2, 0) is 90.1 Å². The number of nitrogens with two attached hydrogens (primary N) is 2. The zero-order valence-electron chi connectivity index (χ0n) is 68.9. The van der Waals surface area contributed by atoms with E-state index in [1.807, 2.05) is 145 Å². The van der Waals surface area contributed by atoms with Crippen molar-refractivity contribution >= 4 is 120 Å². The molecule has 0 bridgehead atoms.